The molecule has 1 heterocycles. The number of nitrogens with zero attached hydrogens (tertiary/aromatic N) is 2. The van der Waals surface area contributed by atoms with Gasteiger partial charge in [-0.2, -0.15) is 0 Å². The SMILES string of the molecule is COCCNC(=O)CN(C)c1ncccc1C(=O)O. The van der Waals surface area contributed by atoms with Gasteiger partial charge in [0.05, 0.1) is 13.2 Å². The van der Waals surface area contributed by atoms with Gasteiger partial charge in [-0.3, -0.25) is 4.79 Å². The number of methoxy groups -OCH3 is 1. The molecule has 0 fully saturated rings. The standard InChI is InChI=1S/C12H17N3O4/c1-15(8-10(16)13-6-7-19-2)11-9(12(17)18)4-3-5-14-11/h3-5H,6-8H2,1-2H3,(H,13,16)(H,17,18). The molecule has 0 saturated heterocycles. The summed E-state index contributed by atoms with van der Waals surface area (Å²) in [5.41, 5.74) is 0.0645. The molecule has 0 spiro atoms. The Hall–Kier alpha value is -2.15. The van der Waals surface area contributed by atoms with E-state index in [1.54, 1.807) is 20.2 Å². The molecule has 0 unspecified atom stereocenters. The topological polar surface area (TPSA) is 91.8 Å². The Balaban J connectivity index is 2.65. The highest BCUT2D eigenvalue weighted by atomic mass is 16.5. The smallest absolute Gasteiger partial charge is 0.339 e. The van der Waals surface area contributed by atoms with Gasteiger partial charge in [-0.25, -0.2) is 9.78 Å². The zero-order valence-corrected chi connectivity index (χ0v) is 10.9. The second-order valence-corrected chi connectivity index (χ2v) is 3.88. The first-order valence-corrected chi connectivity index (χ1v) is 5.71. The number of ether oxygens (including phenoxy) is 1. The van der Waals surface area contributed by atoms with Gasteiger partial charge in [0.1, 0.15) is 11.4 Å². The normalized spacial score (nSPS) is 10.0. The van der Waals surface area contributed by atoms with E-state index in [2.05, 4.69) is 10.3 Å². The van der Waals surface area contributed by atoms with Crippen molar-refractivity contribution in [2.45, 2.75) is 0 Å². The average molecular weight is 267 g/mol. The van der Waals surface area contributed by atoms with Crippen molar-refractivity contribution in [1.29, 1.82) is 0 Å². The number of aromatic carboxylic acids is 1. The maximum absolute atomic E-state index is 11.6. The number of aromatic nitrogens is 1. The maximum Gasteiger partial charge on any atom is 0.339 e. The third-order valence-electron chi connectivity index (χ3n) is 2.39. The first kappa shape index (κ1) is 14.9. The third kappa shape index (κ3) is 4.55. The first-order valence-electron chi connectivity index (χ1n) is 5.71. The lowest BCUT2D eigenvalue weighted by Crippen LogP contribution is -2.37. The van der Waals surface area contributed by atoms with Crippen LogP contribution in [0.5, 0.6) is 0 Å². The van der Waals surface area contributed by atoms with E-state index in [1.807, 2.05) is 0 Å². The minimum Gasteiger partial charge on any atom is -0.478 e. The van der Waals surface area contributed by atoms with E-state index in [9.17, 15) is 9.59 Å². The number of likely N-dealkylation sites (N-methyl/N-ethyl adjacent to an activating group) is 1. The summed E-state index contributed by atoms with van der Waals surface area (Å²) >= 11 is 0. The lowest BCUT2D eigenvalue weighted by molar-refractivity contribution is -0.119. The first-order chi connectivity index (χ1) is 9.06. The van der Waals surface area contributed by atoms with Crippen LogP contribution in [-0.2, 0) is 9.53 Å². The zero-order chi connectivity index (χ0) is 14.3. The van der Waals surface area contributed by atoms with Crippen LogP contribution in [0, 0.1) is 0 Å². The Morgan fingerprint density at radius 3 is 2.89 bits per heavy atom. The van der Waals surface area contributed by atoms with Crippen molar-refractivity contribution in [1.82, 2.24) is 10.3 Å². The molecule has 7 nitrogen and oxygen atoms in total. The number of carboxylic acids is 1. The number of hydrogen-bond donors (Lipinski definition) is 2. The van der Waals surface area contributed by atoms with E-state index in [-0.39, 0.29) is 23.8 Å². The highest BCUT2D eigenvalue weighted by Gasteiger charge is 2.16. The van der Waals surface area contributed by atoms with Gasteiger partial charge in [0.25, 0.3) is 0 Å². The van der Waals surface area contributed by atoms with Gasteiger partial charge in [0, 0.05) is 26.9 Å². The Bertz CT molecular complexity index is 450. The number of rotatable bonds is 7. The van der Waals surface area contributed by atoms with Gasteiger partial charge >= 0.3 is 5.97 Å². The van der Waals surface area contributed by atoms with E-state index in [0.717, 1.165) is 0 Å². The van der Waals surface area contributed by atoms with E-state index < -0.39 is 5.97 Å². The molecule has 1 amide bonds. The monoisotopic (exact) mass is 267 g/mol. The number of carbonyl (C=O) groups is 2. The van der Waals surface area contributed by atoms with Crippen LogP contribution in [0.3, 0.4) is 0 Å². The van der Waals surface area contributed by atoms with Crippen molar-refractivity contribution in [3.63, 3.8) is 0 Å². The molecule has 0 atom stereocenters. The van der Waals surface area contributed by atoms with Crippen LogP contribution in [-0.4, -0.2) is 55.8 Å². The van der Waals surface area contributed by atoms with Crippen molar-refractivity contribution in [2.75, 3.05) is 38.8 Å². The Kier molecular flexibility index (Phi) is 5.74. The summed E-state index contributed by atoms with van der Waals surface area (Å²) < 4.78 is 4.81. The quantitative estimate of drug-likeness (QED) is 0.674. The molecule has 0 aliphatic rings. The highest BCUT2D eigenvalue weighted by Crippen LogP contribution is 2.15. The van der Waals surface area contributed by atoms with Crippen LogP contribution in [0.1, 0.15) is 10.4 Å². The molecule has 0 bridgehead atoms. The summed E-state index contributed by atoms with van der Waals surface area (Å²) in [4.78, 5) is 28.1. The van der Waals surface area contributed by atoms with Crippen LogP contribution < -0.4 is 10.2 Å². The molecule has 0 aromatic carbocycles. The fraction of sp³-hybridized carbons (Fsp3) is 0.417. The summed E-state index contributed by atoms with van der Waals surface area (Å²) in [6.07, 6.45) is 1.49. The number of pyridine rings is 1. The molecule has 1 aromatic rings. The predicted molar refractivity (Wildman–Crippen MR) is 69.4 cm³/mol. The molecular formula is C12H17N3O4. The number of nitrogens with one attached hydrogen (secondary N) is 1. The van der Waals surface area contributed by atoms with Crippen molar-refractivity contribution < 1.29 is 19.4 Å². The fourth-order valence-corrected chi connectivity index (χ4v) is 1.51. The molecule has 1 rings (SSSR count). The van der Waals surface area contributed by atoms with Crippen LogP contribution in [0.4, 0.5) is 5.82 Å². The lowest BCUT2D eigenvalue weighted by Gasteiger charge is -2.19. The molecule has 0 saturated carbocycles. The zero-order valence-electron chi connectivity index (χ0n) is 10.9. The Morgan fingerprint density at radius 1 is 1.53 bits per heavy atom. The largest absolute Gasteiger partial charge is 0.478 e. The molecule has 19 heavy (non-hydrogen) atoms. The predicted octanol–water partition coefficient (Wildman–Crippen LogP) is -0.0214. The number of carbonyl (C=O) groups excluding carboxylic acids is 1. The molecule has 7 heteroatoms. The van der Waals surface area contributed by atoms with Gasteiger partial charge in [0.15, 0.2) is 0 Å². The molecule has 1 aromatic heterocycles. The molecule has 0 radical (unpaired) electrons. The van der Waals surface area contributed by atoms with Crippen molar-refractivity contribution in [3.8, 4) is 0 Å². The molecule has 104 valence electrons. The summed E-state index contributed by atoms with van der Waals surface area (Å²) in [5.74, 6) is -1.03. The number of amides is 1. The third-order valence-corrected chi connectivity index (χ3v) is 2.39. The summed E-state index contributed by atoms with van der Waals surface area (Å²) in [6, 6.07) is 2.99. The van der Waals surface area contributed by atoms with Crippen molar-refractivity contribution in [3.05, 3.63) is 23.9 Å². The van der Waals surface area contributed by atoms with Crippen LogP contribution in [0.15, 0.2) is 18.3 Å². The minimum absolute atomic E-state index is 0.0288. The average Bonchev–Trinajstić information content (AvgIpc) is 2.39. The number of anilines is 1. The number of hydrogen-bond acceptors (Lipinski definition) is 5. The van der Waals surface area contributed by atoms with Crippen LogP contribution in [0.2, 0.25) is 0 Å². The molecule has 0 aliphatic carbocycles. The van der Waals surface area contributed by atoms with E-state index in [1.165, 1.54) is 17.2 Å². The van der Waals surface area contributed by atoms with Gasteiger partial charge in [-0.15, -0.1) is 0 Å². The van der Waals surface area contributed by atoms with Crippen LogP contribution in [0.25, 0.3) is 0 Å². The van der Waals surface area contributed by atoms with E-state index in [0.29, 0.717) is 13.2 Å². The summed E-state index contributed by atoms with van der Waals surface area (Å²) in [6.45, 7) is 0.873. The van der Waals surface area contributed by atoms with Gasteiger partial charge in [-0.05, 0) is 12.1 Å². The maximum atomic E-state index is 11.6. The van der Waals surface area contributed by atoms with Crippen molar-refractivity contribution in [2.24, 2.45) is 0 Å². The molecular weight excluding hydrogens is 250 g/mol. The molecule has 0 aliphatic heterocycles. The minimum atomic E-state index is -1.07. The second kappa shape index (κ2) is 7.32. The van der Waals surface area contributed by atoms with Gasteiger partial charge in [-0.1, -0.05) is 0 Å². The van der Waals surface area contributed by atoms with Gasteiger partial charge < -0.3 is 20.1 Å². The highest BCUT2D eigenvalue weighted by molar-refractivity contribution is 5.94. The number of carboxylic acid groups (broad SMARTS) is 1. The second-order valence-electron chi connectivity index (χ2n) is 3.88. The molecule has 2 N–H and O–H groups in total. The van der Waals surface area contributed by atoms with E-state index in [4.69, 9.17) is 9.84 Å². The summed E-state index contributed by atoms with van der Waals surface area (Å²) in [5, 5.41) is 11.7. The Morgan fingerprint density at radius 2 is 2.26 bits per heavy atom. The lowest BCUT2D eigenvalue weighted by atomic mass is 10.2. The summed E-state index contributed by atoms with van der Waals surface area (Å²) in [7, 11) is 3.16. The van der Waals surface area contributed by atoms with Crippen LogP contribution >= 0.6 is 0 Å². The van der Waals surface area contributed by atoms with Gasteiger partial charge in [0.2, 0.25) is 5.91 Å². The fourth-order valence-electron chi connectivity index (χ4n) is 1.51. The van der Waals surface area contributed by atoms with E-state index >= 15 is 0 Å². The Labute approximate surface area is 111 Å². The van der Waals surface area contributed by atoms with Crippen molar-refractivity contribution >= 4 is 17.7 Å².